The lowest BCUT2D eigenvalue weighted by Crippen LogP contribution is -2.34. The van der Waals surface area contributed by atoms with E-state index in [-0.39, 0.29) is 0 Å². The third kappa shape index (κ3) is 4.70. The van der Waals surface area contributed by atoms with Crippen LogP contribution in [0.25, 0.3) is 0 Å². The predicted octanol–water partition coefficient (Wildman–Crippen LogP) is 4.16. The topological polar surface area (TPSA) is 55.8 Å². The van der Waals surface area contributed by atoms with E-state index < -0.39 is 17.9 Å². The van der Waals surface area contributed by atoms with Crippen LogP contribution in [0.5, 0.6) is 0 Å². The molecule has 0 aromatic heterocycles. The van der Waals surface area contributed by atoms with Gasteiger partial charge in [0.1, 0.15) is 6.10 Å². The Balaban J connectivity index is 1.40. The molecule has 1 heterocycles. The minimum absolute atomic E-state index is 0.375. The van der Waals surface area contributed by atoms with Gasteiger partial charge in [-0.25, -0.2) is 0 Å². The van der Waals surface area contributed by atoms with Crippen LogP contribution in [0.4, 0.5) is 0 Å². The number of carbonyl (C=O) groups is 2. The van der Waals surface area contributed by atoms with Crippen LogP contribution >= 0.6 is 0 Å². The number of ether oxygens (including phenoxy) is 1. The van der Waals surface area contributed by atoms with Gasteiger partial charge in [0.15, 0.2) is 0 Å². The molecule has 0 spiro atoms. The van der Waals surface area contributed by atoms with Gasteiger partial charge >= 0.3 is 0 Å². The Kier molecular flexibility index (Phi) is 6.52. The van der Waals surface area contributed by atoms with Crippen molar-refractivity contribution in [3.8, 4) is 0 Å². The molecule has 0 aliphatic carbocycles. The van der Waals surface area contributed by atoms with Crippen LogP contribution in [0, 0.1) is 0 Å². The van der Waals surface area contributed by atoms with E-state index in [0.29, 0.717) is 30.8 Å². The van der Waals surface area contributed by atoms with E-state index in [1.807, 2.05) is 30.3 Å². The second-order valence-electron chi connectivity index (χ2n) is 6.36. The SMILES string of the molecule is C=C[C@@H](CCCCOCc1ccccc1)ON1C(=O)c2ccccc2C1=O. The van der Waals surface area contributed by atoms with E-state index in [0.717, 1.165) is 23.5 Å². The Hall–Kier alpha value is -2.76. The van der Waals surface area contributed by atoms with Gasteiger partial charge in [0.05, 0.1) is 17.7 Å². The number of rotatable bonds is 10. The summed E-state index contributed by atoms with van der Waals surface area (Å²) in [5.41, 5.74) is 1.90. The molecule has 140 valence electrons. The lowest BCUT2D eigenvalue weighted by atomic mass is 10.1. The quantitative estimate of drug-likeness (QED) is 0.360. The molecule has 0 fully saturated rings. The first-order chi connectivity index (χ1) is 13.2. The van der Waals surface area contributed by atoms with E-state index in [4.69, 9.17) is 9.57 Å². The molecule has 1 aliphatic rings. The molecule has 2 aromatic carbocycles. The molecule has 2 amide bonds. The first-order valence-corrected chi connectivity index (χ1v) is 9.09. The minimum Gasteiger partial charge on any atom is -0.377 e. The standard InChI is InChI=1S/C22H23NO4/c1-2-18(12-8-9-15-26-16-17-10-4-3-5-11-17)27-23-21(24)19-13-6-7-14-20(19)22(23)25/h2-7,10-11,13-14,18H,1,8-9,12,15-16H2/t18-/m0/s1. The van der Waals surface area contributed by atoms with Crippen LogP contribution in [0.15, 0.2) is 67.3 Å². The monoisotopic (exact) mass is 365 g/mol. The average molecular weight is 365 g/mol. The first kappa shape index (κ1) is 19.0. The zero-order valence-electron chi connectivity index (χ0n) is 15.2. The molecule has 0 bridgehead atoms. The maximum Gasteiger partial charge on any atom is 0.285 e. The molecule has 5 nitrogen and oxygen atoms in total. The van der Waals surface area contributed by atoms with E-state index in [1.165, 1.54) is 0 Å². The van der Waals surface area contributed by atoms with Gasteiger partial charge in [-0.1, -0.05) is 48.5 Å². The molecule has 2 aromatic rings. The van der Waals surface area contributed by atoms with Crippen molar-refractivity contribution in [1.82, 2.24) is 5.06 Å². The third-order valence-corrected chi connectivity index (χ3v) is 4.40. The summed E-state index contributed by atoms with van der Waals surface area (Å²) in [5.74, 6) is -0.845. The van der Waals surface area contributed by atoms with E-state index in [9.17, 15) is 9.59 Å². The Bertz CT molecular complexity index is 768. The van der Waals surface area contributed by atoms with Crippen LogP contribution < -0.4 is 0 Å². The van der Waals surface area contributed by atoms with Crippen molar-refractivity contribution in [2.75, 3.05) is 6.61 Å². The Morgan fingerprint density at radius 3 is 2.19 bits per heavy atom. The largest absolute Gasteiger partial charge is 0.377 e. The van der Waals surface area contributed by atoms with Gasteiger partial charge in [-0.3, -0.25) is 14.4 Å². The fraction of sp³-hybridized carbons (Fsp3) is 0.273. The number of fused-ring (bicyclic) bond motifs is 1. The third-order valence-electron chi connectivity index (χ3n) is 4.40. The highest BCUT2D eigenvalue weighted by Gasteiger charge is 2.37. The Labute approximate surface area is 159 Å². The molecular weight excluding hydrogens is 342 g/mol. The molecule has 0 unspecified atom stereocenters. The lowest BCUT2D eigenvalue weighted by Gasteiger charge is -2.19. The normalized spacial score (nSPS) is 14.3. The highest BCUT2D eigenvalue weighted by atomic mass is 16.7. The number of benzene rings is 2. The summed E-state index contributed by atoms with van der Waals surface area (Å²) in [7, 11) is 0. The summed E-state index contributed by atoms with van der Waals surface area (Å²) in [5, 5.41) is 0.850. The molecule has 1 aliphatic heterocycles. The summed E-state index contributed by atoms with van der Waals surface area (Å²) in [6.07, 6.45) is 3.58. The fourth-order valence-electron chi connectivity index (χ4n) is 2.93. The lowest BCUT2D eigenvalue weighted by molar-refractivity contribution is -0.118. The number of carbonyl (C=O) groups excluding carboxylic acids is 2. The van der Waals surface area contributed by atoms with Crippen molar-refractivity contribution in [3.05, 3.63) is 83.9 Å². The molecule has 0 saturated carbocycles. The number of hydrogen-bond acceptors (Lipinski definition) is 4. The smallest absolute Gasteiger partial charge is 0.285 e. The summed E-state index contributed by atoms with van der Waals surface area (Å²) < 4.78 is 5.66. The Morgan fingerprint density at radius 2 is 1.56 bits per heavy atom. The van der Waals surface area contributed by atoms with Gasteiger partial charge in [-0.05, 0) is 37.0 Å². The first-order valence-electron chi connectivity index (χ1n) is 9.09. The van der Waals surface area contributed by atoms with E-state index in [1.54, 1.807) is 30.3 Å². The molecule has 27 heavy (non-hydrogen) atoms. The summed E-state index contributed by atoms with van der Waals surface area (Å²) in [6, 6.07) is 16.7. The molecule has 1 atom stereocenters. The number of amides is 2. The van der Waals surface area contributed by atoms with Crippen LogP contribution in [0.3, 0.4) is 0 Å². The van der Waals surface area contributed by atoms with Crippen molar-refractivity contribution in [2.45, 2.75) is 32.0 Å². The van der Waals surface area contributed by atoms with Gasteiger partial charge in [-0.2, -0.15) is 0 Å². The van der Waals surface area contributed by atoms with E-state index >= 15 is 0 Å². The average Bonchev–Trinajstić information content (AvgIpc) is 2.95. The van der Waals surface area contributed by atoms with Crippen molar-refractivity contribution >= 4 is 11.8 Å². The molecule has 5 heteroatoms. The molecule has 0 radical (unpaired) electrons. The maximum atomic E-state index is 12.3. The second kappa shape index (κ2) is 9.26. The highest BCUT2D eigenvalue weighted by Crippen LogP contribution is 2.24. The molecular formula is C22H23NO4. The Morgan fingerprint density at radius 1 is 0.926 bits per heavy atom. The van der Waals surface area contributed by atoms with Crippen LogP contribution in [-0.2, 0) is 16.2 Å². The summed E-state index contributed by atoms with van der Waals surface area (Å²) in [6.45, 7) is 4.99. The van der Waals surface area contributed by atoms with Crippen molar-refractivity contribution in [2.24, 2.45) is 0 Å². The second-order valence-corrected chi connectivity index (χ2v) is 6.36. The number of hydrogen-bond donors (Lipinski definition) is 0. The van der Waals surface area contributed by atoms with Gasteiger partial charge in [-0.15, -0.1) is 11.6 Å². The minimum atomic E-state index is -0.423. The zero-order chi connectivity index (χ0) is 19.1. The summed E-state index contributed by atoms with van der Waals surface area (Å²) >= 11 is 0. The maximum absolute atomic E-state index is 12.3. The van der Waals surface area contributed by atoms with Crippen LogP contribution in [0.1, 0.15) is 45.5 Å². The van der Waals surface area contributed by atoms with Crippen LogP contribution in [0.2, 0.25) is 0 Å². The highest BCUT2D eigenvalue weighted by molar-refractivity contribution is 6.20. The van der Waals surface area contributed by atoms with Gasteiger partial charge in [0.2, 0.25) is 0 Å². The van der Waals surface area contributed by atoms with E-state index in [2.05, 4.69) is 6.58 Å². The number of unbranched alkanes of at least 4 members (excludes halogenated alkanes) is 1. The molecule has 3 rings (SSSR count). The zero-order valence-corrected chi connectivity index (χ0v) is 15.2. The molecule has 0 saturated heterocycles. The number of nitrogens with zero attached hydrogens (tertiary/aromatic N) is 1. The fourth-order valence-corrected chi connectivity index (χ4v) is 2.93. The van der Waals surface area contributed by atoms with Crippen molar-refractivity contribution in [3.63, 3.8) is 0 Å². The number of hydroxylamine groups is 2. The van der Waals surface area contributed by atoms with Crippen molar-refractivity contribution in [1.29, 1.82) is 0 Å². The predicted molar refractivity (Wildman–Crippen MR) is 102 cm³/mol. The van der Waals surface area contributed by atoms with Gasteiger partial charge in [0.25, 0.3) is 11.8 Å². The molecule has 0 N–H and O–H groups in total. The summed E-state index contributed by atoms with van der Waals surface area (Å²) in [4.78, 5) is 30.3. The number of imide groups is 1. The van der Waals surface area contributed by atoms with Crippen LogP contribution in [-0.4, -0.2) is 29.6 Å². The van der Waals surface area contributed by atoms with Gasteiger partial charge in [0, 0.05) is 6.61 Å². The van der Waals surface area contributed by atoms with Crippen molar-refractivity contribution < 1.29 is 19.2 Å². The van der Waals surface area contributed by atoms with Gasteiger partial charge < -0.3 is 4.74 Å².